The highest BCUT2D eigenvalue weighted by Crippen LogP contribution is 2.30. The summed E-state index contributed by atoms with van der Waals surface area (Å²) in [5.74, 6) is 1.91. The number of halogens is 1. The van der Waals surface area contributed by atoms with E-state index in [1.54, 1.807) is 4.58 Å². The second-order valence-electron chi connectivity index (χ2n) is 8.04. The van der Waals surface area contributed by atoms with Crippen LogP contribution in [0.15, 0.2) is 22.7 Å². The summed E-state index contributed by atoms with van der Waals surface area (Å²) in [6.07, 6.45) is 7.37. The molecule has 0 unspecified atom stereocenters. The molecule has 3 rings (SSSR count). The van der Waals surface area contributed by atoms with Crippen molar-refractivity contribution in [2.24, 2.45) is 11.5 Å². The summed E-state index contributed by atoms with van der Waals surface area (Å²) in [5.41, 5.74) is 13.3. The van der Waals surface area contributed by atoms with Gasteiger partial charge in [0.1, 0.15) is 5.75 Å². The maximum Gasteiger partial charge on any atom is 0.341 e. The summed E-state index contributed by atoms with van der Waals surface area (Å²) in [5, 5.41) is 14.0. The first-order valence-corrected chi connectivity index (χ1v) is 10.9. The van der Waals surface area contributed by atoms with E-state index in [2.05, 4.69) is 17.1 Å². The number of nitrogens with two attached hydrogens (primary N) is 2. The minimum absolute atomic E-state index is 0. The average molecular weight is 452 g/mol. The Hall–Kier alpha value is -2.32. The number of hydrogen-bond donors (Lipinski definition) is 3. The lowest BCUT2D eigenvalue weighted by Gasteiger charge is -2.10. The van der Waals surface area contributed by atoms with E-state index in [0.29, 0.717) is 24.7 Å². The maximum absolute atomic E-state index is 9.94. The predicted molar refractivity (Wildman–Crippen MR) is 115 cm³/mol. The van der Waals surface area contributed by atoms with E-state index >= 15 is 0 Å². The van der Waals surface area contributed by atoms with Gasteiger partial charge in [0.15, 0.2) is 6.04 Å². The Kier molecular flexibility index (Phi) is 9.58. The quantitative estimate of drug-likeness (QED) is 0.261. The van der Waals surface area contributed by atoms with Crippen molar-refractivity contribution < 1.29 is 31.3 Å². The molecule has 0 bridgehead atoms. The Labute approximate surface area is 190 Å². The Morgan fingerprint density at radius 3 is 2.68 bits per heavy atom. The lowest BCUT2D eigenvalue weighted by atomic mass is 10.1. The van der Waals surface area contributed by atoms with E-state index in [0.717, 1.165) is 29.9 Å². The molecule has 2 heterocycles. The van der Waals surface area contributed by atoms with Crippen LogP contribution in [0, 0.1) is 6.92 Å². The molecule has 9 heteroatoms. The molecule has 1 aliphatic rings. The first-order valence-electron chi connectivity index (χ1n) is 10.9. The molecule has 1 aliphatic heterocycles. The third-order valence-electron chi connectivity index (χ3n) is 5.53. The summed E-state index contributed by atoms with van der Waals surface area (Å²) in [4.78, 5) is 4.52. The lowest BCUT2D eigenvalue weighted by Crippen LogP contribution is -3.00. The molecule has 0 amide bonds. The van der Waals surface area contributed by atoms with Crippen LogP contribution in [0.3, 0.4) is 0 Å². The summed E-state index contributed by atoms with van der Waals surface area (Å²) < 4.78 is 13.1. The van der Waals surface area contributed by atoms with E-state index in [-0.39, 0.29) is 24.4 Å². The van der Waals surface area contributed by atoms with Crippen LogP contribution < -0.4 is 28.6 Å². The number of rotatable bonds is 10. The highest BCUT2D eigenvalue weighted by Gasteiger charge is 2.36. The number of nitrogens with zero attached hydrogens (tertiary/aromatic N) is 3. The summed E-state index contributed by atoms with van der Waals surface area (Å²) in [7, 11) is 0. The molecule has 1 fully saturated rings. The fourth-order valence-corrected chi connectivity index (χ4v) is 3.84. The summed E-state index contributed by atoms with van der Waals surface area (Å²) in [6, 6.07) is 5.57. The summed E-state index contributed by atoms with van der Waals surface area (Å²) >= 11 is 0. The van der Waals surface area contributed by atoms with Gasteiger partial charge in [0.2, 0.25) is 5.82 Å². The molecule has 1 aromatic heterocycles. The van der Waals surface area contributed by atoms with Crippen LogP contribution in [0.5, 0.6) is 5.75 Å². The number of β-amino-alcohol motifs (C(OH)–C–C–N with tert-alkyl or cyclic N) is 1. The van der Waals surface area contributed by atoms with Crippen molar-refractivity contribution in [2.45, 2.75) is 70.9 Å². The molecule has 31 heavy (non-hydrogen) atoms. The molecule has 0 radical (unpaired) electrons. The van der Waals surface area contributed by atoms with Gasteiger partial charge in [-0.05, 0) is 37.1 Å². The lowest BCUT2D eigenvalue weighted by molar-refractivity contribution is -0.557. The third kappa shape index (κ3) is 6.58. The van der Waals surface area contributed by atoms with E-state index in [9.17, 15) is 5.11 Å². The number of aryl methyl sites for hydroxylation is 1. The summed E-state index contributed by atoms with van der Waals surface area (Å²) in [6.45, 7) is 5.33. The molecule has 0 aliphatic carbocycles. The normalized spacial score (nSPS) is 18.1. The van der Waals surface area contributed by atoms with Gasteiger partial charge in [0.05, 0.1) is 19.3 Å². The minimum atomic E-state index is -0.530. The Bertz CT molecular complexity index is 867. The number of ether oxygens (including phenoxy) is 1. The zero-order valence-electron chi connectivity index (χ0n) is 18.4. The molecule has 2 atom stereocenters. The molecule has 0 spiro atoms. The van der Waals surface area contributed by atoms with Crippen LogP contribution in [0.2, 0.25) is 0 Å². The van der Waals surface area contributed by atoms with Gasteiger partial charge in [-0.25, -0.2) is 0 Å². The minimum Gasteiger partial charge on any atom is -1.00 e. The topological polar surface area (TPSA) is 123 Å². The van der Waals surface area contributed by atoms with Crippen molar-refractivity contribution in [2.75, 3.05) is 13.2 Å². The maximum atomic E-state index is 9.94. The largest absolute Gasteiger partial charge is 1.00 e. The zero-order chi connectivity index (χ0) is 21.5. The van der Waals surface area contributed by atoms with Crippen LogP contribution in [-0.4, -0.2) is 45.0 Å². The van der Waals surface area contributed by atoms with Crippen molar-refractivity contribution >= 4 is 5.96 Å². The Morgan fingerprint density at radius 1 is 1.23 bits per heavy atom. The van der Waals surface area contributed by atoms with Crippen LogP contribution in [0.25, 0.3) is 11.4 Å². The average Bonchev–Trinajstić information content (AvgIpc) is 3.35. The number of aromatic nitrogens is 2. The highest BCUT2D eigenvalue weighted by atomic mass is 35.5. The SMILES string of the molecule is CCCCCCCCOc1ccc(-c2noc([C@@H]3C[C@H](O)C[N+]3=C(N)N)n2)cc1C.[Cl-]. The molecule has 1 aromatic carbocycles. The molecule has 1 saturated heterocycles. The van der Waals surface area contributed by atoms with Gasteiger partial charge in [0.25, 0.3) is 5.89 Å². The van der Waals surface area contributed by atoms with Gasteiger partial charge in [-0.1, -0.05) is 44.2 Å². The fourth-order valence-electron chi connectivity index (χ4n) is 3.84. The van der Waals surface area contributed by atoms with Crippen molar-refractivity contribution in [1.82, 2.24) is 10.1 Å². The second-order valence-corrected chi connectivity index (χ2v) is 8.04. The zero-order valence-corrected chi connectivity index (χ0v) is 19.1. The van der Waals surface area contributed by atoms with Crippen LogP contribution in [-0.2, 0) is 0 Å². The molecule has 5 N–H and O–H groups in total. The first kappa shape index (κ1) is 24.9. The van der Waals surface area contributed by atoms with Gasteiger partial charge >= 0.3 is 5.96 Å². The second kappa shape index (κ2) is 11.9. The van der Waals surface area contributed by atoms with E-state index in [1.165, 1.54) is 32.1 Å². The van der Waals surface area contributed by atoms with E-state index in [1.807, 2.05) is 25.1 Å². The van der Waals surface area contributed by atoms with Gasteiger partial charge in [-0.15, -0.1) is 0 Å². The van der Waals surface area contributed by atoms with E-state index in [4.69, 9.17) is 20.7 Å². The number of hydrogen-bond acceptors (Lipinski definition) is 5. The number of aliphatic hydroxyl groups excluding tert-OH is 1. The smallest absolute Gasteiger partial charge is 0.341 e. The van der Waals surface area contributed by atoms with Gasteiger partial charge < -0.3 is 26.8 Å². The highest BCUT2D eigenvalue weighted by molar-refractivity contribution is 5.70. The Morgan fingerprint density at radius 2 is 1.97 bits per heavy atom. The van der Waals surface area contributed by atoms with E-state index < -0.39 is 6.10 Å². The molecule has 0 saturated carbocycles. The van der Waals surface area contributed by atoms with Gasteiger partial charge in [-0.3, -0.25) is 16.0 Å². The van der Waals surface area contributed by atoms with Crippen molar-refractivity contribution in [3.63, 3.8) is 0 Å². The van der Waals surface area contributed by atoms with Crippen molar-refractivity contribution in [3.05, 3.63) is 29.7 Å². The standard InChI is InChI=1S/C22H33N5O3.ClH/c1-3-4-5-6-7-8-11-29-19-10-9-16(12-15(19)2)20-25-21(30-26-20)18-13-17(28)14-27(18)22(23)24;/h9-10,12,17-18,28H,3-8,11,13-14H2,1-2H3,(H3,23,24);1H/t17-,18-;/m0./s1. The first-order chi connectivity index (χ1) is 14.5. The molecular formula is C22H34ClN5O3. The molecule has 172 valence electrons. The van der Waals surface area contributed by atoms with Crippen LogP contribution in [0.4, 0.5) is 0 Å². The molecular weight excluding hydrogens is 418 g/mol. The van der Waals surface area contributed by atoms with Gasteiger partial charge in [-0.2, -0.15) is 4.98 Å². The van der Waals surface area contributed by atoms with Crippen molar-refractivity contribution in [3.8, 4) is 17.1 Å². The van der Waals surface area contributed by atoms with Gasteiger partial charge in [0, 0.05) is 12.0 Å². The Balaban J connectivity index is 0.00000341. The number of aliphatic hydroxyl groups is 1. The monoisotopic (exact) mass is 451 g/mol. The molecule has 2 aromatic rings. The van der Waals surface area contributed by atoms with Crippen LogP contribution >= 0.6 is 0 Å². The fraction of sp³-hybridized carbons (Fsp3) is 0.591. The van der Waals surface area contributed by atoms with Crippen LogP contribution in [0.1, 0.15) is 69.4 Å². The number of benzene rings is 1. The molecule has 8 nitrogen and oxygen atoms in total. The third-order valence-corrected chi connectivity index (χ3v) is 5.53. The number of guanidine groups is 1. The van der Waals surface area contributed by atoms with Crippen molar-refractivity contribution in [1.29, 1.82) is 0 Å². The number of unbranched alkanes of at least 4 members (excludes halogenated alkanes) is 5. The predicted octanol–water partition coefficient (Wildman–Crippen LogP) is -0.120.